The maximum atomic E-state index is 14.2. The monoisotopic (exact) mass is 690 g/mol. The second-order valence-electron chi connectivity index (χ2n) is 14.4. The van der Waals surface area contributed by atoms with Crippen LogP contribution in [-0.4, -0.2) is 8.97 Å². The Morgan fingerprint density at radius 2 is 1.06 bits per heavy atom. The molecule has 0 saturated heterocycles. The van der Waals surface area contributed by atoms with Gasteiger partial charge in [-0.2, -0.15) is 0 Å². The molecule has 250 valence electrons. The first kappa shape index (κ1) is 28.2. The molecule has 0 fully saturated rings. The first-order valence-electron chi connectivity index (χ1n) is 18.2. The third kappa shape index (κ3) is 3.46. The standard InChI is InChI=1S/C49H26N2O3/c52-49-37-21-19-27(25-38(37)34-14-7-13-33-30-9-2-5-16-41(30)51(49)46(33)34)29-12-8-18-44-45(29)39-26-28(20-24-43(39)53-44)50-40-15-4-1-10-31(40)35-22-23-36-32-11-3-6-17-42(32)54-48(36)47(35)50/h1-26H. The van der Waals surface area contributed by atoms with Crippen molar-refractivity contribution in [1.29, 1.82) is 0 Å². The predicted octanol–water partition coefficient (Wildman–Crippen LogP) is 12.8. The van der Waals surface area contributed by atoms with Crippen LogP contribution in [0.15, 0.2) is 171 Å². The van der Waals surface area contributed by atoms with Gasteiger partial charge in [0.15, 0.2) is 5.58 Å². The molecule has 54 heavy (non-hydrogen) atoms. The second kappa shape index (κ2) is 9.94. The molecule has 0 spiro atoms. The molecule has 13 rings (SSSR count). The van der Waals surface area contributed by atoms with E-state index in [1.165, 1.54) is 5.39 Å². The largest absolute Gasteiger partial charge is 0.456 e. The van der Waals surface area contributed by atoms with Gasteiger partial charge in [-0.3, -0.25) is 9.20 Å². The number of pyridine rings is 1. The minimum absolute atomic E-state index is 0.00259. The lowest BCUT2D eigenvalue weighted by Crippen LogP contribution is -2.12. The van der Waals surface area contributed by atoms with Gasteiger partial charge in [0.05, 0.1) is 22.1 Å². The molecule has 0 aliphatic heterocycles. The number of benzene rings is 8. The zero-order valence-corrected chi connectivity index (χ0v) is 28.6. The number of furan rings is 2. The van der Waals surface area contributed by atoms with Gasteiger partial charge in [-0.05, 0) is 77.2 Å². The van der Waals surface area contributed by atoms with Crippen molar-refractivity contribution in [2.75, 3.05) is 0 Å². The maximum absolute atomic E-state index is 14.2. The van der Waals surface area contributed by atoms with Crippen molar-refractivity contribution in [2.45, 2.75) is 0 Å². The van der Waals surface area contributed by atoms with Crippen molar-refractivity contribution in [3.63, 3.8) is 0 Å². The maximum Gasteiger partial charge on any atom is 0.263 e. The summed E-state index contributed by atoms with van der Waals surface area (Å²) in [6.45, 7) is 0. The van der Waals surface area contributed by atoms with Crippen LogP contribution in [0.4, 0.5) is 0 Å². The third-order valence-corrected chi connectivity index (χ3v) is 11.7. The minimum Gasteiger partial charge on any atom is -0.456 e. The second-order valence-corrected chi connectivity index (χ2v) is 14.4. The van der Waals surface area contributed by atoms with Gasteiger partial charge < -0.3 is 13.4 Å². The molecule has 8 aromatic carbocycles. The van der Waals surface area contributed by atoms with Gasteiger partial charge in [0, 0.05) is 59.5 Å². The smallest absolute Gasteiger partial charge is 0.263 e. The van der Waals surface area contributed by atoms with Crippen LogP contribution in [-0.2, 0) is 0 Å². The Kier molecular flexibility index (Phi) is 5.20. The lowest BCUT2D eigenvalue weighted by atomic mass is 9.95. The van der Waals surface area contributed by atoms with Crippen molar-refractivity contribution in [2.24, 2.45) is 0 Å². The Morgan fingerprint density at radius 3 is 1.94 bits per heavy atom. The number of nitrogens with zero attached hydrogens (tertiary/aromatic N) is 2. The van der Waals surface area contributed by atoms with Gasteiger partial charge in [0.1, 0.15) is 16.7 Å². The van der Waals surface area contributed by atoms with E-state index in [1.54, 1.807) is 0 Å². The van der Waals surface area contributed by atoms with Crippen molar-refractivity contribution < 1.29 is 8.83 Å². The van der Waals surface area contributed by atoms with E-state index >= 15 is 0 Å². The van der Waals surface area contributed by atoms with Crippen molar-refractivity contribution >= 4 is 104 Å². The van der Waals surface area contributed by atoms with Gasteiger partial charge in [-0.15, -0.1) is 0 Å². The molecule has 5 heterocycles. The molecule has 5 nitrogen and oxygen atoms in total. The van der Waals surface area contributed by atoms with Crippen LogP contribution >= 0.6 is 0 Å². The van der Waals surface area contributed by atoms with Gasteiger partial charge in [0.25, 0.3) is 5.56 Å². The van der Waals surface area contributed by atoms with E-state index in [4.69, 9.17) is 8.83 Å². The molecule has 0 bridgehead atoms. The number of para-hydroxylation sites is 4. The van der Waals surface area contributed by atoms with E-state index < -0.39 is 0 Å². The van der Waals surface area contributed by atoms with Gasteiger partial charge in [0.2, 0.25) is 0 Å². The summed E-state index contributed by atoms with van der Waals surface area (Å²) in [7, 11) is 0. The molecule has 0 saturated carbocycles. The highest BCUT2D eigenvalue weighted by molar-refractivity contribution is 6.23. The Labute approximate surface area is 305 Å². The predicted molar refractivity (Wildman–Crippen MR) is 222 cm³/mol. The Morgan fingerprint density at radius 1 is 0.407 bits per heavy atom. The van der Waals surface area contributed by atoms with Crippen molar-refractivity contribution in [1.82, 2.24) is 8.97 Å². The molecule has 5 heteroatoms. The zero-order chi connectivity index (χ0) is 35.2. The topological polar surface area (TPSA) is 52.7 Å². The van der Waals surface area contributed by atoms with Crippen molar-refractivity contribution in [3.8, 4) is 16.8 Å². The fourth-order valence-corrected chi connectivity index (χ4v) is 9.38. The Bertz CT molecular complexity index is 3820. The minimum atomic E-state index is 0.00259. The molecule has 0 aliphatic carbocycles. The molecular weight excluding hydrogens is 665 g/mol. The summed E-state index contributed by atoms with van der Waals surface area (Å²) < 4.78 is 17.4. The summed E-state index contributed by atoms with van der Waals surface area (Å²) >= 11 is 0. The van der Waals surface area contributed by atoms with Crippen LogP contribution < -0.4 is 5.56 Å². The summed E-state index contributed by atoms with van der Waals surface area (Å²) in [6.07, 6.45) is 0. The molecular formula is C49H26N2O3. The zero-order valence-electron chi connectivity index (χ0n) is 28.6. The highest BCUT2D eigenvalue weighted by Gasteiger charge is 2.22. The van der Waals surface area contributed by atoms with E-state index in [0.717, 1.165) is 110 Å². The van der Waals surface area contributed by atoms with Gasteiger partial charge in [-0.1, -0.05) is 97.1 Å². The normalized spacial score (nSPS) is 12.5. The number of fused-ring (bicyclic) bond motifs is 15. The first-order valence-corrected chi connectivity index (χ1v) is 18.2. The van der Waals surface area contributed by atoms with E-state index in [9.17, 15) is 4.79 Å². The van der Waals surface area contributed by atoms with Crippen molar-refractivity contribution in [3.05, 3.63) is 168 Å². The van der Waals surface area contributed by atoms with Crippen LogP contribution in [0, 0.1) is 0 Å². The highest BCUT2D eigenvalue weighted by Crippen LogP contribution is 2.43. The van der Waals surface area contributed by atoms with Crippen LogP contribution in [0.3, 0.4) is 0 Å². The highest BCUT2D eigenvalue weighted by atomic mass is 16.3. The average molecular weight is 691 g/mol. The lowest BCUT2D eigenvalue weighted by molar-refractivity contribution is 0.669. The van der Waals surface area contributed by atoms with Crippen LogP contribution in [0.2, 0.25) is 0 Å². The van der Waals surface area contributed by atoms with Gasteiger partial charge in [-0.25, -0.2) is 0 Å². The number of hydrogen-bond donors (Lipinski definition) is 0. The fraction of sp³-hybridized carbons (Fsp3) is 0. The van der Waals surface area contributed by atoms with E-state index in [-0.39, 0.29) is 5.56 Å². The molecule has 0 N–H and O–H groups in total. The lowest BCUT2D eigenvalue weighted by Gasteiger charge is -2.10. The average Bonchev–Trinajstić information content (AvgIpc) is 3.97. The van der Waals surface area contributed by atoms with E-state index in [0.29, 0.717) is 5.39 Å². The summed E-state index contributed by atoms with van der Waals surface area (Å²) in [4.78, 5) is 14.2. The number of aromatic nitrogens is 2. The quantitative estimate of drug-likeness (QED) is 0.170. The molecule has 0 amide bonds. The molecule has 0 unspecified atom stereocenters. The molecule has 0 aliphatic rings. The SMILES string of the molecule is O=c1c2ccc(-c3cccc4oc5ccc(-n6c7ccccc7c7ccc8c9ccccc9oc8c76)cc5c34)cc2c2cccc3c4ccccc4n1c23. The Hall–Kier alpha value is -7.37. The number of rotatable bonds is 2. The molecule has 13 aromatic rings. The summed E-state index contributed by atoms with van der Waals surface area (Å²) in [6, 6.07) is 54.7. The fourth-order valence-electron chi connectivity index (χ4n) is 9.38. The summed E-state index contributed by atoms with van der Waals surface area (Å²) in [5.41, 5.74) is 10.6. The number of hydrogen-bond acceptors (Lipinski definition) is 3. The Balaban J connectivity index is 1.09. The van der Waals surface area contributed by atoms with Crippen LogP contribution in [0.1, 0.15) is 0 Å². The first-order chi connectivity index (χ1) is 26.7. The molecule has 5 aromatic heterocycles. The molecule has 0 atom stereocenters. The summed E-state index contributed by atoms with van der Waals surface area (Å²) in [5, 5.41) is 11.5. The van der Waals surface area contributed by atoms with E-state index in [1.807, 2.05) is 46.9 Å². The van der Waals surface area contributed by atoms with Gasteiger partial charge >= 0.3 is 0 Å². The van der Waals surface area contributed by atoms with Crippen LogP contribution in [0.5, 0.6) is 0 Å². The summed E-state index contributed by atoms with van der Waals surface area (Å²) in [5.74, 6) is 0. The third-order valence-electron chi connectivity index (χ3n) is 11.7. The van der Waals surface area contributed by atoms with Crippen LogP contribution in [0.25, 0.3) is 120 Å². The van der Waals surface area contributed by atoms with E-state index in [2.05, 4.69) is 120 Å². The molecule has 0 radical (unpaired) electrons.